The summed E-state index contributed by atoms with van der Waals surface area (Å²) in [4.78, 5) is 3.28. The number of hydrogen-bond acceptors (Lipinski definition) is 3. The monoisotopic (exact) mass is 245 g/mol. The van der Waals surface area contributed by atoms with E-state index in [-0.39, 0.29) is 5.69 Å². The molecule has 0 amide bonds. The van der Waals surface area contributed by atoms with Gasteiger partial charge in [0.1, 0.15) is 5.69 Å². The largest absolute Gasteiger partial charge is 0.433 e. The van der Waals surface area contributed by atoms with Crippen molar-refractivity contribution >= 4 is 11.4 Å². The Morgan fingerprint density at radius 1 is 1.41 bits per heavy atom. The predicted octanol–water partition coefficient (Wildman–Crippen LogP) is 2.89. The summed E-state index contributed by atoms with van der Waals surface area (Å²) in [6, 6.07) is 0.966. The van der Waals surface area contributed by atoms with Crippen LogP contribution < -0.4 is 11.1 Å². The molecule has 1 aromatic rings. The molecule has 1 aliphatic rings. The summed E-state index contributed by atoms with van der Waals surface area (Å²) in [6.45, 7) is 0.672. The second kappa shape index (κ2) is 4.43. The Bertz CT molecular complexity index is 399. The number of aromatic nitrogens is 1. The second-order valence-electron chi connectivity index (χ2n) is 4.33. The number of anilines is 2. The van der Waals surface area contributed by atoms with E-state index in [4.69, 9.17) is 5.73 Å². The van der Waals surface area contributed by atoms with E-state index in [1.165, 1.54) is 6.42 Å². The number of rotatable bonds is 3. The van der Waals surface area contributed by atoms with Crippen molar-refractivity contribution in [1.82, 2.24) is 4.98 Å². The topological polar surface area (TPSA) is 50.9 Å². The molecule has 94 valence electrons. The molecule has 3 nitrogen and oxygen atoms in total. The van der Waals surface area contributed by atoms with Gasteiger partial charge in [-0.05, 0) is 24.8 Å². The van der Waals surface area contributed by atoms with Gasteiger partial charge in [-0.3, -0.25) is 0 Å². The van der Waals surface area contributed by atoms with Gasteiger partial charge in [-0.15, -0.1) is 0 Å². The van der Waals surface area contributed by atoms with Crippen LogP contribution in [0.25, 0.3) is 0 Å². The van der Waals surface area contributed by atoms with Gasteiger partial charge in [-0.1, -0.05) is 6.42 Å². The zero-order chi connectivity index (χ0) is 12.5. The summed E-state index contributed by atoms with van der Waals surface area (Å²) in [5.74, 6) is 0.553. The summed E-state index contributed by atoms with van der Waals surface area (Å²) < 4.78 is 37.3. The molecule has 0 aliphatic heterocycles. The molecule has 1 aromatic heterocycles. The van der Waals surface area contributed by atoms with Crippen LogP contribution in [0.1, 0.15) is 25.0 Å². The molecule has 17 heavy (non-hydrogen) atoms. The zero-order valence-corrected chi connectivity index (χ0v) is 9.22. The standard InChI is InChI=1S/C11H14F3N3/c12-11(13,14)10-4-9(8(15)6-17-10)16-5-7-2-1-3-7/h4,6-7H,1-3,5,15H2,(H,16,17). The van der Waals surface area contributed by atoms with Gasteiger partial charge in [-0.2, -0.15) is 13.2 Å². The summed E-state index contributed by atoms with van der Waals surface area (Å²) in [5, 5.41) is 2.96. The third kappa shape index (κ3) is 2.81. The lowest BCUT2D eigenvalue weighted by Crippen LogP contribution is -2.21. The Balaban J connectivity index is 2.08. The van der Waals surface area contributed by atoms with Crippen molar-refractivity contribution in [3.05, 3.63) is 18.0 Å². The van der Waals surface area contributed by atoms with Gasteiger partial charge in [-0.25, -0.2) is 4.98 Å². The second-order valence-corrected chi connectivity index (χ2v) is 4.33. The van der Waals surface area contributed by atoms with Crippen molar-refractivity contribution in [3.63, 3.8) is 0 Å². The molecule has 0 spiro atoms. The Kier molecular flexibility index (Phi) is 3.13. The van der Waals surface area contributed by atoms with Crippen LogP contribution in [-0.4, -0.2) is 11.5 Å². The van der Waals surface area contributed by atoms with Crippen molar-refractivity contribution < 1.29 is 13.2 Å². The number of nitrogens with one attached hydrogen (secondary N) is 1. The van der Waals surface area contributed by atoms with Crippen LogP contribution in [0.15, 0.2) is 12.3 Å². The van der Waals surface area contributed by atoms with Crippen LogP contribution in [0.4, 0.5) is 24.5 Å². The van der Waals surface area contributed by atoms with Gasteiger partial charge in [0.2, 0.25) is 0 Å². The van der Waals surface area contributed by atoms with Crippen molar-refractivity contribution in [1.29, 1.82) is 0 Å². The van der Waals surface area contributed by atoms with E-state index < -0.39 is 11.9 Å². The van der Waals surface area contributed by atoms with E-state index in [1.54, 1.807) is 0 Å². The van der Waals surface area contributed by atoms with E-state index >= 15 is 0 Å². The molecular weight excluding hydrogens is 231 g/mol. The Labute approximate surface area is 97.2 Å². The average Bonchev–Trinajstić information content (AvgIpc) is 2.16. The lowest BCUT2D eigenvalue weighted by Gasteiger charge is -2.26. The predicted molar refractivity (Wildman–Crippen MR) is 59.5 cm³/mol. The molecule has 0 unspecified atom stereocenters. The van der Waals surface area contributed by atoms with Gasteiger partial charge >= 0.3 is 6.18 Å². The molecule has 1 saturated carbocycles. The van der Waals surface area contributed by atoms with Gasteiger partial charge in [0.25, 0.3) is 0 Å². The van der Waals surface area contributed by atoms with Crippen molar-refractivity contribution in [2.45, 2.75) is 25.4 Å². The maximum atomic E-state index is 12.4. The molecular formula is C11H14F3N3. The first-order chi connectivity index (χ1) is 7.97. The average molecular weight is 245 g/mol. The number of nitrogen functional groups attached to an aromatic ring is 1. The third-order valence-electron chi connectivity index (χ3n) is 3.03. The van der Waals surface area contributed by atoms with Gasteiger partial charge in [0, 0.05) is 6.54 Å². The summed E-state index contributed by atoms with van der Waals surface area (Å²) >= 11 is 0. The van der Waals surface area contributed by atoms with E-state index in [0.717, 1.165) is 25.1 Å². The summed E-state index contributed by atoms with van der Waals surface area (Å²) in [7, 11) is 0. The molecule has 0 saturated heterocycles. The number of halogens is 3. The third-order valence-corrected chi connectivity index (χ3v) is 3.03. The number of pyridine rings is 1. The maximum absolute atomic E-state index is 12.4. The fourth-order valence-corrected chi connectivity index (χ4v) is 1.73. The van der Waals surface area contributed by atoms with Gasteiger partial charge < -0.3 is 11.1 Å². The molecule has 1 fully saturated rings. The molecule has 0 radical (unpaired) electrons. The first kappa shape index (κ1) is 12.0. The molecule has 3 N–H and O–H groups in total. The fraction of sp³-hybridized carbons (Fsp3) is 0.545. The Hall–Kier alpha value is -1.46. The number of hydrogen-bond donors (Lipinski definition) is 2. The minimum absolute atomic E-state index is 0.248. The molecule has 0 atom stereocenters. The van der Waals surface area contributed by atoms with Crippen LogP contribution >= 0.6 is 0 Å². The Morgan fingerprint density at radius 3 is 2.65 bits per heavy atom. The van der Waals surface area contributed by atoms with Crippen LogP contribution in [-0.2, 0) is 6.18 Å². The fourth-order valence-electron chi connectivity index (χ4n) is 1.73. The van der Waals surface area contributed by atoms with Crippen LogP contribution in [0.3, 0.4) is 0 Å². The lowest BCUT2D eigenvalue weighted by molar-refractivity contribution is -0.141. The zero-order valence-electron chi connectivity index (χ0n) is 9.22. The highest BCUT2D eigenvalue weighted by Gasteiger charge is 2.33. The van der Waals surface area contributed by atoms with Crippen LogP contribution in [0.2, 0.25) is 0 Å². The van der Waals surface area contributed by atoms with Crippen LogP contribution in [0, 0.1) is 5.92 Å². The van der Waals surface area contributed by atoms with E-state index in [9.17, 15) is 13.2 Å². The highest BCUT2D eigenvalue weighted by molar-refractivity contribution is 5.65. The number of nitrogens with two attached hydrogens (primary N) is 1. The smallest absolute Gasteiger partial charge is 0.396 e. The molecule has 6 heteroatoms. The molecule has 1 heterocycles. The maximum Gasteiger partial charge on any atom is 0.433 e. The van der Waals surface area contributed by atoms with E-state index in [0.29, 0.717) is 18.2 Å². The van der Waals surface area contributed by atoms with E-state index in [2.05, 4.69) is 10.3 Å². The normalized spacial score (nSPS) is 16.6. The molecule has 0 bridgehead atoms. The highest BCUT2D eigenvalue weighted by Crippen LogP contribution is 2.32. The van der Waals surface area contributed by atoms with E-state index in [1.807, 2.05) is 0 Å². The molecule has 1 aliphatic carbocycles. The highest BCUT2D eigenvalue weighted by atomic mass is 19.4. The first-order valence-corrected chi connectivity index (χ1v) is 5.53. The van der Waals surface area contributed by atoms with Crippen LogP contribution in [0.5, 0.6) is 0 Å². The molecule has 2 rings (SSSR count). The Morgan fingerprint density at radius 2 is 2.12 bits per heavy atom. The minimum Gasteiger partial charge on any atom is -0.396 e. The van der Waals surface area contributed by atoms with Crippen molar-refractivity contribution in [2.75, 3.05) is 17.6 Å². The minimum atomic E-state index is -4.43. The van der Waals surface area contributed by atoms with Crippen molar-refractivity contribution in [3.8, 4) is 0 Å². The quantitative estimate of drug-likeness (QED) is 0.860. The number of nitrogens with zero attached hydrogens (tertiary/aromatic N) is 1. The lowest BCUT2D eigenvalue weighted by atomic mass is 9.85. The SMILES string of the molecule is Nc1cnc(C(F)(F)F)cc1NCC1CCC1. The number of alkyl halides is 3. The first-order valence-electron chi connectivity index (χ1n) is 5.53. The van der Waals surface area contributed by atoms with Crippen molar-refractivity contribution in [2.24, 2.45) is 5.92 Å². The van der Waals surface area contributed by atoms with Gasteiger partial charge in [0.15, 0.2) is 0 Å². The summed E-state index contributed by atoms with van der Waals surface area (Å²) in [6.07, 6.45) is 0.0761. The van der Waals surface area contributed by atoms with Gasteiger partial charge in [0.05, 0.1) is 17.6 Å². The summed E-state index contributed by atoms with van der Waals surface area (Å²) in [5.41, 5.74) is 5.24. The molecule has 0 aromatic carbocycles.